The van der Waals surface area contributed by atoms with E-state index in [1.807, 2.05) is 0 Å². The van der Waals surface area contributed by atoms with Crippen LogP contribution in [0.4, 0.5) is 0 Å². The molecule has 2 N–H and O–H groups in total. The zero-order valence-electron chi connectivity index (χ0n) is 11.6. The Morgan fingerprint density at radius 3 is 2.72 bits per heavy atom. The standard InChI is InChI=1S/C14H27N3O/c1-2-17-8-5-12(6-9-17)10-16-14(18)13-4-3-7-15-11-13/h12-13,15H,2-11H2,1H3,(H,16,18)/t13-/m1/s1. The minimum atomic E-state index is 0.203. The molecule has 4 heteroatoms. The molecule has 18 heavy (non-hydrogen) atoms. The van der Waals surface area contributed by atoms with E-state index in [9.17, 15) is 4.79 Å². The molecule has 4 nitrogen and oxygen atoms in total. The van der Waals surface area contributed by atoms with Crippen LogP contribution >= 0.6 is 0 Å². The van der Waals surface area contributed by atoms with Crippen LogP contribution in [0.5, 0.6) is 0 Å². The second kappa shape index (κ2) is 7.10. The van der Waals surface area contributed by atoms with E-state index in [2.05, 4.69) is 22.5 Å². The van der Waals surface area contributed by atoms with Gasteiger partial charge >= 0.3 is 0 Å². The Kier molecular flexibility index (Phi) is 5.45. The number of carbonyl (C=O) groups is 1. The van der Waals surface area contributed by atoms with Crippen LogP contribution in [0.25, 0.3) is 0 Å². The third-order valence-electron chi connectivity index (χ3n) is 4.39. The maximum atomic E-state index is 12.0. The molecule has 0 unspecified atom stereocenters. The summed E-state index contributed by atoms with van der Waals surface area (Å²) in [6.07, 6.45) is 4.65. The Balaban J connectivity index is 1.63. The monoisotopic (exact) mass is 253 g/mol. The van der Waals surface area contributed by atoms with Crippen molar-refractivity contribution in [1.82, 2.24) is 15.5 Å². The van der Waals surface area contributed by atoms with Crippen molar-refractivity contribution >= 4 is 5.91 Å². The molecule has 2 aliphatic heterocycles. The fraction of sp³-hybridized carbons (Fsp3) is 0.929. The maximum absolute atomic E-state index is 12.0. The SMILES string of the molecule is CCN1CCC(CNC(=O)[C@@H]2CCCNC2)CC1. The van der Waals surface area contributed by atoms with E-state index >= 15 is 0 Å². The van der Waals surface area contributed by atoms with E-state index in [-0.39, 0.29) is 11.8 Å². The van der Waals surface area contributed by atoms with Gasteiger partial charge in [-0.25, -0.2) is 0 Å². The minimum absolute atomic E-state index is 0.203. The van der Waals surface area contributed by atoms with Crippen LogP contribution in [0.15, 0.2) is 0 Å². The fourth-order valence-corrected chi connectivity index (χ4v) is 2.97. The van der Waals surface area contributed by atoms with Gasteiger partial charge in [0.25, 0.3) is 0 Å². The Labute approximate surface area is 110 Å². The van der Waals surface area contributed by atoms with Crippen LogP contribution in [0.2, 0.25) is 0 Å². The van der Waals surface area contributed by atoms with Crippen LogP contribution in [-0.2, 0) is 4.79 Å². The van der Waals surface area contributed by atoms with Crippen molar-refractivity contribution in [2.24, 2.45) is 11.8 Å². The highest BCUT2D eigenvalue weighted by Gasteiger charge is 2.23. The van der Waals surface area contributed by atoms with Gasteiger partial charge in [-0.05, 0) is 57.8 Å². The van der Waals surface area contributed by atoms with Gasteiger partial charge in [-0.15, -0.1) is 0 Å². The quantitative estimate of drug-likeness (QED) is 0.780. The van der Waals surface area contributed by atoms with Gasteiger partial charge in [0.2, 0.25) is 5.91 Å². The third kappa shape index (κ3) is 3.95. The highest BCUT2D eigenvalue weighted by Crippen LogP contribution is 2.16. The van der Waals surface area contributed by atoms with E-state index in [1.165, 1.54) is 25.9 Å². The molecule has 0 aromatic rings. The first-order chi connectivity index (χ1) is 8.79. The van der Waals surface area contributed by atoms with Crippen molar-refractivity contribution < 1.29 is 4.79 Å². The van der Waals surface area contributed by atoms with Crippen LogP contribution in [0.3, 0.4) is 0 Å². The molecule has 0 radical (unpaired) electrons. The van der Waals surface area contributed by atoms with E-state index in [4.69, 9.17) is 0 Å². The normalized spacial score (nSPS) is 27.1. The fourth-order valence-electron chi connectivity index (χ4n) is 2.97. The summed E-state index contributed by atoms with van der Waals surface area (Å²) in [5, 5.41) is 6.46. The molecule has 0 aliphatic carbocycles. The minimum Gasteiger partial charge on any atom is -0.356 e. The summed E-state index contributed by atoms with van der Waals surface area (Å²) in [6, 6.07) is 0. The van der Waals surface area contributed by atoms with Gasteiger partial charge in [-0.1, -0.05) is 6.92 Å². The molecular weight excluding hydrogens is 226 g/mol. The number of rotatable bonds is 4. The molecule has 0 aromatic carbocycles. The average Bonchev–Trinajstić information content (AvgIpc) is 2.46. The largest absolute Gasteiger partial charge is 0.356 e. The lowest BCUT2D eigenvalue weighted by Crippen LogP contribution is -2.43. The van der Waals surface area contributed by atoms with Crippen molar-refractivity contribution in [3.63, 3.8) is 0 Å². The van der Waals surface area contributed by atoms with Gasteiger partial charge in [-0.3, -0.25) is 4.79 Å². The Morgan fingerprint density at radius 2 is 2.11 bits per heavy atom. The average molecular weight is 253 g/mol. The van der Waals surface area contributed by atoms with Gasteiger partial charge in [0.1, 0.15) is 0 Å². The zero-order valence-corrected chi connectivity index (χ0v) is 11.6. The van der Waals surface area contributed by atoms with Gasteiger partial charge in [-0.2, -0.15) is 0 Å². The molecule has 0 saturated carbocycles. The Morgan fingerprint density at radius 1 is 1.33 bits per heavy atom. The molecule has 2 fully saturated rings. The second-order valence-electron chi connectivity index (χ2n) is 5.67. The molecule has 2 heterocycles. The number of likely N-dealkylation sites (tertiary alicyclic amines) is 1. The van der Waals surface area contributed by atoms with Crippen molar-refractivity contribution in [2.45, 2.75) is 32.6 Å². The topological polar surface area (TPSA) is 44.4 Å². The van der Waals surface area contributed by atoms with Gasteiger partial charge in [0.15, 0.2) is 0 Å². The summed E-state index contributed by atoms with van der Waals surface area (Å²) in [6.45, 7) is 8.58. The molecule has 2 rings (SSSR count). The first-order valence-electron chi connectivity index (χ1n) is 7.50. The van der Waals surface area contributed by atoms with E-state index in [0.717, 1.165) is 39.0 Å². The predicted octanol–water partition coefficient (Wildman–Crippen LogP) is 0.834. The highest BCUT2D eigenvalue weighted by atomic mass is 16.1. The summed E-state index contributed by atoms with van der Waals surface area (Å²) in [7, 11) is 0. The lowest BCUT2D eigenvalue weighted by atomic mass is 9.95. The zero-order chi connectivity index (χ0) is 12.8. The second-order valence-corrected chi connectivity index (χ2v) is 5.67. The number of nitrogens with one attached hydrogen (secondary N) is 2. The van der Waals surface area contributed by atoms with Crippen LogP contribution in [0, 0.1) is 11.8 Å². The number of amides is 1. The lowest BCUT2D eigenvalue weighted by molar-refractivity contribution is -0.125. The smallest absolute Gasteiger partial charge is 0.224 e. The van der Waals surface area contributed by atoms with Gasteiger partial charge in [0, 0.05) is 13.1 Å². The molecule has 0 aromatic heterocycles. The molecule has 104 valence electrons. The van der Waals surface area contributed by atoms with Gasteiger partial charge in [0.05, 0.1) is 5.92 Å². The summed E-state index contributed by atoms with van der Waals surface area (Å²) < 4.78 is 0. The van der Waals surface area contributed by atoms with Crippen molar-refractivity contribution in [3.05, 3.63) is 0 Å². The number of hydrogen-bond acceptors (Lipinski definition) is 3. The summed E-state index contributed by atoms with van der Waals surface area (Å²) in [5.41, 5.74) is 0. The number of piperidine rings is 2. The highest BCUT2D eigenvalue weighted by molar-refractivity contribution is 5.78. The van der Waals surface area contributed by atoms with Crippen LogP contribution < -0.4 is 10.6 Å². The number of nitrogens with zero attached hydrogens (tertiary/aromatic N) is 1. The van der Waals surface area contributed by atoms with Crippen LogP contribution in [0.1, 0.15) is 32.6 Å². The molecule has 2 aliphatic rings. The first-order valence-corrected chi connectivity index (χ1v) is 7.50. The van der Waals surface area contributed by atoms with E-state index < -0.39 is 0 Å². The van der Waals surface area contributed by atoms with E-state index in [1.54, 1.807) is 0 Å². The summed E-state index contributed by atoms with van der Waals surface area (Å²) >= 11 is 0. The predicted molar refractivity (Wildman–Crippen MR) is 73.4 cm³/mol. The molecular formula is C14H27N3O. The van der Waals surface area contributed by atoms with Crippen LogP contribution in [-0.4, -0.2) is 50.1 Å². The molecule has 0 bridgehead atoms. The number of carbonyl (C=O) groups excluding carboxylic acids is 1. The summed E-state index contributed by atoms with van der Waals surface area (Å²) in [4.78, 5) is 14.5. The van der Waals surface area contributed by atoms with Crippen molar-refractivity contribution in [2.75, 3.05) is 39.3 Å². The lowest BCUT2D eigenvalue weighted by Gasteiger charge is -2.31. The van der Waals surface area contributed by atoms with Crippen molar-refractivity contribution in [3.8, 4) is 0 Å². The summed E-state index contributed by atoms with van der Waals surface area (Å²) in [5.74, 6) is 1.16. The molecule has 1 amide bonds. The molecule has 2 saturated heterocycles. The Hall–Kier alpha value is -0.610. The maximum Gasteiger partial charge on any atom is 0.224 e. The number of hydrogen-bond donors (Lipinski definition) is 2. The molecule has 1 atom stereocenters. The Bertz CT molecular complexity index is 256. The molecule has 0 spiro atoms. The third-order valence-corrected chi connectivity index (χ3v) is 4.39. The van der Waals surface area contributed by atoms with Crippen molar-refractivity contribution in [1.29, 1.82) is 0 Å². The van der Waals surface area contributed by atoms with E-state index in [0.29, 0.717) is 5.92 Å². The first kappa shape index (κ1) is 13.8. The van der Waals surface area contributed by atoms with Gasteiger partial charge < -0.3 is 15.5 Å².